The molecule has 198 valence electrons. The quantitative estimate of drug-likeness (QED) is 0.417. The molecule has 1 saturated heterocycles. The van der Waals surface area contributed by atoms with Crippen molar-refractivity contribution in [1.82, 2.24) is 14.8 Å². The number of hydrogen-bond acceptors (Lipinski definition) is 6. The number of aromatic nitrogens is 1. The van der Waals surface area contributed by atoms with Crippen LogP contribution in [-0.4, -0.2) is 52.6 Å². The van der Waals surface area contributed by atoms with E-state index in [2.05, 4.69) is 4.98 Å². The van der Waals surface area contributed by atoms with E-state index in [9.17, 15) is 27.6 Å². The standard InChI is InChI=1S/C27H25F3N4O3S/c1-32(14-20-15-38-16-31-20)24(35)18-8-10-33(11-9-18)22-7-3-6-21-23(22)26(37)34(25(21)36)13-17-4-2-5-19(12-17)27(28,29)30/h2-7,12,15-16,18H,8-11,13-14H2,1H3. The van der Waals surface area contributed by atoms with Crippen LogP contribution in [0.2, 0.25) is 0 Å². The van der Waals surface area contributed by atoms with Gasteiger partial charge >= 0.3 is 6.18 Å². The van der Waals surface area contributed by atoms with Crippen LogP contribution in [0.1, 0.15) is 50.4 Å². The number of hydrogen-bond donors (Lipinski definition) is 0. The van der Waals surface area contributed by atoms with Gasteiger partial charge in [-0.1, -0.05) is 18.2 Å². The summed E-state index contributed by atoms with van der Waals surface area (Å²) in [5.41, 5.74) is 3.07. The van der Waals surface area contributed by atoms with Gasteiger partial charge in [-0.3, -0.25) is 19.3 Å². The number of piperidine rings is 1. The molecule has 7 nitrogen and oxygen atoms in total. The van der Waals surface area contributed by atoms with Gasteiger partial charge in [0.05, 0.1) is 46.7 Å². The lowest BCUT2D eigenvalue weighted by molar-refractivity contribution is -0.137. The molecule has 3 aromatic rings. The Morgan fingerprint density at radius 1 is 1.11 bits per heavy atom. The van der Waals surface area contributed by atoms with Crippen LogP contribution < -0.4 is 4.90 Å². The molecule has 0 N–H and O–H groups in total. The maximum atomic E-state index is 13.4. The highest BCUT2D eigenvalue weighted by Gasteiger charge is 2.40. The number of anilines is 1. The maximum absolute atomic E-state index is 13.4. The fourth-order valence-electron chi connectivity index (χ4n) is 5.07. The Labute approximate surface area is 221 Å². The van der Waals surface area contributed by atoms with E-state index in [1.54, 1.807) is 35.7 Å². The molecule has 0 aliphatic carbocycles. The Balaban J connectivity index is 1.28. The Bertz CT molecular complexity index is 1370. The molecule has 38 heavy (non-hydrogen) atoms. The van der Waals surface area contributed by atoms with Crippen molar-refractivity contribution in [1.29, 1.82) is 0 Å². The number of fused-ring (bicyclic) bond motifs is 1. The van der Waals surface area contributed by atoms with Crippen LogP contribution in [0.3, 0.4) is 0 Å². The number of alkyl halides is 3. The van der Waals surface area contributed by atoms with Crippen molar-refractivity contribution in [2.24, 2.45) is 5.92 Å². The maximum Gasteiger partial charge on any atom is 0.416 e. The number of carbonyl (C=O) groups is 3. The first kappa shape index (κ1) is 25.9. The smallest absolute Gasteiger partial charge is 0.371 e. The van der Waals surface area contributed by atoms with Crippen molar-refractivity contribution in [2.75, 3.05) is 25.0 Å². The highest BCUT2D eigenvalue weighted by molar-refractivity contribution is 7.07. The summed E-state index contributed by atoms with van der Waals surface area (Å²) in [5.74, 6) is -1.16. The lowest BCUT2D eigenvalue weighted by atomic mass is 9.94. The molecule has 11 heteroatoms. The van der Waals surface area contributed by atoms with Gasteiger partial charge in [0, 0.05) is 31.4 Å². The summed E-state index contributed by atoms with van der Waals surface area (Å²) >= 11 is 1.48. The van der Waals surface area contributed by atoms with Gasteiger partial charge in [-0.05, 0) is 42.7 Å². The monoisotopic (exact) mass is 542 g/mol. The Morgan fingerprint density at radius 3 is 2.53 bits per heavy atom. The SMILES string of the molecule is CN(Cc1cscn1)C(=O)C1CCN(c2cccc3c2C(=O)N(Cc2cccc(C(F)(F)F)c2)C3=O)CC1. The Morgan fingerprint density at radius 2 is 1.84 bits per heavy atom. The average Bonchev–Trinajstić information content (AvgIpc) is 3.50. The van der Waals surface area contributed by atoms with Crippen LogP contribution >= 0.6 is 11.3 Å². The molecule has 0 spiro atoms. The van der Waals surface area contributed by atoms with Crippen molar-refractivity contribution in [2.45, 2.75) is 32.1 Å². The number of rotatable bonds is 6. The number of carbonyl (C=O) groups excluding carboxylic acids is 3. The van der Waals surface area contributed by atoms with Gasteiger partial charge in [0.15, 0.2) is 0 Å². The molecule has 0 atom stereocenters. The number of benzene rings is 2. The third-order valence-electron chi connectivity index (χ3n) is 7.02. The minimum atomic E-state index is -4.52. The van der Waals surface area contributed by atoms with E-state index in [-0.39, 0.29) is 35.1 Å². The largest absolute Gasteiger partial charge is 0.416 e. The molecule has 2 aliphatic heterocycles. The van der Waals surface area contributed by atoms with Crippen molar-refractivity contribution in [3.63, 3.8) is 0 Å². The zero-order valence-electron chi connectivity index (χ0n) is 20.6. The van der Waals surface area contributed by atoms with E-state index in [0.29, 0.717) is 38.2 Å². The lowest BCUT2D eigenvalue weighted by Gasteiger charge is -2.35. The molecule has 3 heterocycles. The van der Waals surface area contributed by atoms with E-state index < -0.39 is 23.6 Å². The number of thiazole rings is 1. The molecule has 0 saturated carbocycles. The van der Waals surface area contributed by atoms with Crippen LogP contribution in [0.25, 0.3) is 0 Å². The zero-order chi connectivity index (χ0) is 27.0. The lowest BCUT2D eigenvalue weighted by Crippen LogP contribution is -2.41. The first-order valence-corrected chi connectivity index (χ1v) is 13.1. The topological polar surface area (TPSA) is 73.8 Å². The van der Waals surface area contributed by atoms with E-state index in [1.165, 1.54) is 23.5 Å². The van der Waals surface area contributed by atoms with Gasteiger partial charge in [-0.25, -0.2) is 4.98 Å². The van der Waals surface area contributed by atoms with E-state index >= 15 is 0 Å². The molecular formula is C27H25F3N4O3S. The summed E-state index contributed by atoms with van der Waals surface area (Å²) in [6.45, 7) is 1.27. The molecular weight excluding hydrogens is 517 g/mol. The van der Waals surface area contributed by atoms with Crippen LogP contribution in [0.5, 0.6) is 0 Å². The molecule has 1 aromatic heterocycles. The average molecular weight is 543 g/mol. The summed E-state index contributed by atoms with van der Waals surface area (Å²) in [7, 11) is 1.77. The van der Waals surface area contributed by atoms with Crippen molar-refractivity contribution >= 4 is 34.7 Å². The third-order valence-corrected chi connectivity index (χ3v) is 7.65. The normalized spacial score (nSPS) is 16.2. The van der Waals surface area contributed by atoms with Gasteiger partial charge in [0.2, 0.25) is 5.91 Å². The predicted octanol–water partition coefficient (Wildman–Crippen LogP) is 4.83. The van der Waals surface area contributed by atoms with Crippen molar-refractivity contribution < 1.29 is 27.6 Å². The summed E-state index contributed by atoms with van der Waals surface area (Å²) in [5, 5.41) is 1.91. The van der Waals surface area contributed by atoms with Gasteiger partial charge < -0.3 is 9.80 Å². The minimum absolute atomic E-state index is 0.0504. The fourth-order valence-corrected chi connectivity index (χ4v) is 5.62. The number of imide groups is 1. The first-order valence-electron chi connectivity index (χ1n) is 12.2. The number of nitrogens with zero attached hydrogens (tertiary/aromatic N) is 4. The second-order valence-electron chi connectivity index (χ2n) is 9.53. The van der Waals surface area contributed by atoms with E-state index in [1.807, 2.05) is 10.3 Å². The van der Waals surface area contributed by atoms with Gasteiger partial charge in [0.25, 0.3) is 11.8 Å². The van der Waals surface area contributed by atoms with Crippen molar-refractivity contribution in [3.05, 3.63) is 81.3 Å². The summed E-state index contributed by atoms with van der Waals surface area (Å²) < 4.78 is 39.4. The molecule has 0 bridgehead atoms. The Hall–Kier alpha value is -3.73. The number of halogens is 3. The second kappa shape index (κ2) is 10.2. The highest BCUT2D eigenvalue weighted by Crippen LogP contribution is 2.36. The first-order chi connectivity index (χ1) is 18.1. The van der Waals surface area contributed by atoms with Crippen LogP contribution in [0, 0.1) is 5.92 Å². The Kier molecular flexibility index (Phi) is 6.95. The third kappa shape index (κ3) is 5.02. The highest BCUT2D eigenvalue weighted by atomic mass is 32.1. The summed E-state index contributed by atoms with van der Waals surface area (Å²) in [6, 6.07) is 9.68. The summed E-state index contributed by atoms with van der Waals surface area (Å²) in [6.07, 6.45) is -3.33. The van der Waals surface area contributed by atoms with E-state index in [0.717, 1.165) is 22.7 Å². The molecule has 2 aromatic carbocycles. The molecule has 5 rings (SSSR count). The molecule has 0 unspecified atom stereocenters. The fraction of sp³-hybridized carbons (Fsp3) is 0.333. The van der Waals surface area contributed by atoms with Gasteiger partial charge in [0.1, 0.15) is 0 Å². The minimum Gasteiger partial charge on any atom is -0.371 e. The van der Waals surface area contributed by atoms with Crippen molar-refractivity contribution in [3.8, 4) is 0 Å². The van der Waals surface area contributed by atoms with Crippen LogP contribution in [0.15, 0.2) is 53.4 Å². The van der Waals surface area contributed by atoms with E-state index in [4.69, 9.17) is 0 Å². The summed E-state index contributed by atoms with van der Waals surface area (Å²) in [4.78, 5) is 48.3. The van der Waals surface area contributed by atoms with Crippen LogP contribution in [-0.2, 0) is 24.1 Å². The zero-order valence-corrected chi connectivity index (χ0v) is 21.4. The molecule has 0 radical (unpaired) electrons. The molecule has 3 amide bonds. The second-order valence-corrected chi connectivity index (χ2v) is 10.2. The molecule has 1 fully saturated rings. The predicted molar refractivity (Wildman–Crippen MR) is 136 cm³/mol. The van der Waals surface area contributed by atoms with Gasteiger partial charge in [-0.2, -0.15) is 13.2 Å². The molecule has 2 aliphatic rings. The number of amides is 3. The van der Waals surface area contributed by atoms with Gasteiger partial charge in [-0.15, -0.1) is 11.3 Å². The van der Waals surface area contributed by atoms with Crippen LogP contribution in [0.4, 0.5) is 18.9 Å².